The van der Waals surface area contributed by atoms with Gasteiger partial charge in [0.2, 0.25) is 0 Å². The fourth-order valence-corrected chi connectivity index (χ4v) is 3.55. The Labute approximate surface area is 124 Å². The second-order valence-electron chi connectivity index (χ2n) is 5.50. The maximum absolute atomic E-state index is 13.9. The summed E-state index contributed by atoms with van der Waals surface area (Å²) in [5.41, 5.74) is 0.825. The van der Waals surface area contributed by atoms with E-state index in [1.165, 1.54) is 32.1 Å². The first-order valence-corrected chi connectivity index (χ1v) is 8.17. The fourth-order valence-electron chi connectivity index (χ4n) is 3.14. The molecule has 2 rings (SSSR count). The fraction of sp³-hybridized carbons (Fsp3) is 0.625. The molecular weight excluding hydrogens is 305 g/mol. The van der Waals surface area contributed by atoms with Gasteiger partial charge in [-0.25, -0.2) is 4.39 Å². The number of hydrogen-bond acceptors (Lipinski definition) is 1. The molecule has 0 amide bonds. The molecule has 1 aromatic rings. The Morgan fingerprint density at radius 2 is 2.05 bits per heavy atom. The zero-order valence-electron chi connectivity index (χ0n) is 11.6. The van der Waals surface area contributed by atoms with E-state index < -0.39 is 0 Å². The van der Waals surface area contributed by atoms with Gasteiger partial charge in [-0.05, 0) is 55.5 Å². The third kappa shape index (κ3) is 4.28. The molecule has 1 N–H and O–H groups in total. The molecule has 0 aromatic heterocycles. The quantitative estimate of drug-likeness (QED) is 0.827. The van der Waals surface area contributed by atoms with E-state index in [9.17, 15) is 4.39 Å². The van der Waals surface area contributed by atoms with E-state index in [1.54, 1.807) is 12.1 Å². The summed E-state index contributed by atoms with van der Waals surface area (Å²) in [6.07, 6.45) is 7.38. The van der Waals surface area contributed by atoms with Crippen LogP contribution in [0, 0.1) is 11.7 Å². The average Bonchev–Trinajstić information content (AvgIpc) is 2.43. The molecule has 1 fully saturated rings. The molecule has 1 aromatic carbocycles. The molecule has 1 unspecified atom stereocenters. The summed E-state index contributed by atoms with van der Waals surface area (Å²) in [6, 6.07) is 5.65. The van der Waals surface area contributed by atoms with Crippen molar-refractivity contribution < 1.29 is 4.39 Å². The van der Waals surface area contributed by atoms with Crippen LogP contribution in [0.4, 0.5) is 4.39 Å². The van der Waals surface area contributed by atoms with Crippen LogP contribution in [0.1, 0.15) is 44.6 Å². The van der Waals surface area contributed by atoms with Gasteiger partial charge < -0.3 is 5.32 Å². The van der Waals surface area contributed by atoms with Crippen molar-refractivity contribution in [2.24, 2.45) is 5.92 Å². The van der Waals surface area contributed by atoms with Crippen LogP contribution in [0.2, 0.25) is 0 Å². The number of nitrogens with one attached hydrogen (secondary N) is 1. The lowest BCUT2D eigenvalue weighted by Gasteiger charge is -2.31. The van der Waals surface area contributed by atoms with Crippen LogP contribution in [0.15, 0.2) is 22.7 Å². The predicted molar refractivity (Wildman–Crippen MR) is 81.8 cm³/mol. The molecule has 1 aliphatic rings. The van der Waals surface area contributed by atoms with Gasteiger partial charge in [0, 0.05) is 10.5 Å². The number of hydrogen-bond donors (Lipinski definition) is 1. The predicted octanol–water partition coefficient (Wildman–Crippen LogP) is 4.69. The van der Waals surface area contributed by atoms with Crippen LogP contribution >= 0.6 is 15.9 Å². The summed E-state index contributed by atoms with van der Waals surface area (Å²) >= 11 is 3.43. The molecule has 0 saturated heterocycles. The summed E-state index contributed by atoms with van der Waals surface area (Å²) in [5.74, 6) is 0.619. The summed E-state index contributed by atoms with van der Waals surface area (Å²) in [6.45, 7) is 3.09. The van der Waals surface area contributed by atoms with Gasteiger partial charge in [0.05, 0.1) is 0 Å². The Bertz CT molecular complexity index is 402. The lowest BCUT2D eigenvalue weighted by Crippen LogP contribution is -2.39. The van der Waals surface area contributed by atoms with E-state index in [0.717, 1.165) is 23.0 Å². The van der Waals surface area contributed by atoms with Crippen LogP contribution in [-0.4, -0.2) is 12.6 Å². The summed E-state index contributed by atoms with van der Waals surface area (Å²) < 4.78 is 14.8. The molecule has 0 bridgehead atoms. The first-order chi connectivity index (χ1) is 9.20. The number of benzene rings is 1. The second kappa shape index (κ2) is 7.39. The number of rotatable bonds is 5. The molecule has 106 valence electrons. The molecular formula is C16H23BrFN. The summed E-state index contributed by atoms with van der Waals surface area (Å²) in [7, 11) is 0. The molecule has 0 spiro atoms. The van der Waals surface area contributed by atoms with Crippen molar-refractivity contribution in [1.29, 1.82) is 0 Å². The Morgan fingerprint density at radius 3 is 2.74 bits per heavy atom. The van der Waals surface area contributed by atoms with Crippen molar-refractivity contribution in [3.05, 3.63) is 34.1 Å². The van der Waals surface area contributed by atoms with E-state index in [1.807, 2.05) is 6.07 Å². The van der Waals surface area contributed by atoms with Crippen molar-refractivity contribution in [3.8, 4) is 0 Å². The van der Waals surface area contributed by atoms with Crippen molar-refractivity contribution in [1.82, 2.24) is 5.32 Å². The SMILES string of the molecule is CCNC(Cc1cc(Br)ccc1F)C1CCCCC1. The third-order valence-electron chi connectivity index (χ3n) is 4.13. The van der Waals surface area contributed by atoms with E-state index in [2.05, 4.69) is 28.2 Å². The van der Waals surface area contributed by atoms with Gasteiger partial charge in [-0.15, -0.1) is 0 Å². The molecule has 1 saturated carbocycles. The Balaban J connectivity index is 2.08. The maximum Gasteiger partial charge on any atom is 0.126 e. The maximum atomic E-state index is 13.9. The Morgan fingerprint density at radius 1 is 1.32 bits per heavy atom. The molecule has 3 heteroatoms. The Hall–Kier alpha value is -0.410. The van der Waals surface area contributed by atoms with E-state index in [0.29, 0.717) is 12.0 Å². The average molecular weight is 328 g/mol. The van der Waals surface area contributed by atoms with E-state index >= 15 is 0 Å². The highest BCUT2D eigenvalue weighted by atomic mass is 79.9. The first-order valence-electron chi connectivity index (χ1n) is 7.38. The van der Waals surface area contributed by atoms with Gasteiger partial charge in [-0.2, -0.15) is 0 Å². The molecule has 1 atom stereocenters. The Kier molecular flexibility index (Phi) is 5.83. The van der Waals surface area contributed by atoms with Gasteiger partial charge in [0.25, 0.3) is 0 Å². The summed E-state index contributed by atoms with van der Waals surface area (Å²) in [5, 5.41) is 3.57. The number of halogens is 2. The van der Waals surface area contributed by atoms with Gasteiger partial charge >= 0.3 is 0 Å². The standard InChI is InChI=1S/C16H23BrFN/c1-2-19-16(12-6-4-3-5-7-12)11-13-10-14(17)8-9-15(13)18/h8-10,12,16,19H,2-7,11H2,1H3. The monoisotopic (exact) mass is 327 g/mol. The molecule has 0 aliphatic heterocycles. The summed E-state index contributed by atoms with van der Waals surface area (Å²) in [4.78, 5) is 0. The van der Waals surface area contributed by atoms with Crippen LogP contribution in [0.3, 0.4) is 0 Å². The van der Waals surface area contributed by atoms with Gasteiger partial charge in [-0.3, -0.25) is 0 Å². The van der Waals surface area contributed by atoms with Crippen LogP contribution < -0.4 is 5.32 Å². The molecule has 1 aliphatic carbocycles. The first kappa shape index (κ1) is 15.0. The minimum Gasteiger partial charge on any atom is -0.314 e. The van der Waals surface area contributed by atoms with E-state index in [4.69, 9.17) is 0 Å². The topological polar surface area (TPSA) is 12.0 Å². The van der Waals surface area contributed by atoms with Crippen LogP contribution in [0.25, 0.3) is 0 Å². The smallest absolute Gasteiger partial charge is 0.126 e. The normalized spacial score (nSPS) is 18.5. The van der Waals surface area contributed by atoms with Gasteiger partial charge in [-0.1, -0.05) is 42.1 Å². The van der Waals surface area contributed by atoms with E-state index in [-0.39, 0.29) is 5.82 Å². The minimum atomic E-state index is -0.0816. The number of likely N-dealkylation sites (N-methyl/N-ethyl adjacent to an activating group) is 1. The van der Waals surface area contributed by atoms with Crippen molar-refractivity contribution in [2.75, 3.05) is 6.54 Å². The van der Waals surface area contributed by atoms with Crippen molar-refractivity contribution >= 4 is 15.9 Å². The van der Waals surface area contributed by atoms with Crippen LogP contribution in [-0.2, 0) is 6.42 Å². The highest BCUT2D eigenvalue weighted by Crippen LogP contribution is 2.29. The minimum absolute atomic E-state index is 0.0816. The third-order valence-corrected chi connectivity index (χ3v) is 4.63. The molecule has 0 heterocycles. The highest BCUT2D eigenvalue weighted by Gasteiger charge is 2.24. The lowest BCUT2D eigenvalue weighted by molar-refractivity contribution is 0.268. The van der Waals surface area contributed by atoms with Crippen LogP contribution in [0.5, 0.6) is 0 Å². The molecule has 1 nitrogen and oxygen atoms in total. The van der Waals surface area contributed by atoms with Gasteiger partial charge in [0.1, 0.15) is 5.82 Å². The molecule has 0 radical (unpaired) electrons. The zero-order valence-corrected chi connectivity index (χ0v) is 13.2. The van der Waals surface area contributed by atoms with Crippen molar-refractivity contribution in [3.63, 3.8) is 0 Å². The van der Waals surface area contributed by atoms with Gasteiger partial charge in [0.15, 0.2) is 0 Å². The lowest BCUT2D eigenvalue weighted by atomic mass is 9.81. The highest BCUT2D eigenvalue weighted by molar-refractivity contribution is 9.10. The van der Waals surface area contributed by atoms with Crippen molar-refractivity contribution in [2.45, 2.75) is 51.5 Å². The largest absolute Gasteiger partial charge is 0.314 e. The zero-order chi connectivity index (χ0) is 13.7. The molecule has 19 heavy (non-hydrogen) atoms. The second-order valence-corrected chi connectivity index (χ2v) is 6.42.